The molecule has 0 atom stereocenters. The fourth-order valence-electron chi connectivity index (χ4n) is 3.33. The van der Waals surface area contributed by atoms with Gasteiger partial charge in [0.2, 0.25) is 0 Å². The molecule has 0 amide bonds. The summed E-state index contributed by atoms with van der Waals surface area (Å²) in [5.74, 6) is -0.189. The Balaban J connectivity index is 2.17. The summed E-state index contributed by atoms with van der Waals surface area (Å²) in [7, 11) is 0. The SMILES string of the molecule is Cc1cc(C)cc(-c2nccc3cc(F)c4ccccc4c23)c1. The standard InChI is InChI=1S/C21H16FN/c1-13-9-14(2)11-16(10-13)21-20-15(7-8-23-21)12-19(22)17-5-3-4-6-18(17)20/h3-12H,1-2H3. The topological polar surface area (TPSA) is 12.9 Å². The highest BCUT2D eigenvalue weighted by molar-refractivity contribution is 6.13. The summed E-state index contributed by atoms with van der Waals surface area (Å²) in [5.41, 5.74) is 4.38. The molecule has 23 heavy (non-hydrogen) atoms. The zero-order valence-corrected chi connectivity index (χ0v) is 13.1. The van der Waals surface area contributed by atoms with Crippen LogP contribution in [0, 0.1) is 19.7 Å². The van der Waals surface area contributed by atoms with Crippen molar-refractivity contribution in [2.45, 2.75) is 13.8 Å². The molecule has 1 heterocycles. The molecule has 0 aliphatic rings. The van der Waals surface area contributed by atoms with Crippen LogP contribution in [0.5, 0.6) is 0 Å². The first-order valence-electron chi connectivity index (χ1n) is 7.68. The van der Waals surface area contributed by atoms with E-state index in [1.807, 2.05) is 30.3 Å². The minimum atomic E-state index is -0.189. The Morgan fingerprint density at radius 3 is 2.26 bits per heavy atom. The smallest absolute Gasteiger partial charge is 0.131 e. The molecule has 0 saturated heterocycles. The van der Waals surface area contributed by atoms with Gasteiger partial charge in [0.15, 0.2) is 0 Å². The van der Waals surface area contributed by atoms with E-state index in [0.717, 1.165) is 27.4 Å². The van der Waals surface area contributed by atoms with Crippen molar-refractivity contribution in [1.29, 1.82) is 0 Å². The van der Waals surface area contributed by atoms with Crippen molar-refractivity contribution >= 4 is 21.5 Å². The quantitative estimate of drug-likeness (QED) is 0.404. The highest BCUT2D eigenvalue weighted by atomic mass is 19.1. The first-order chi connectivity index (χ1) is 11.1. The van der Waals surface area contributed by atoms with E-state index < -0.39 is 0 Å². The number of rotatable bonds is 1. The molecule has 3 aromatic carbocycles. The molecule has 0 spiro atoms. The van der Waals surface area contributed by atoms with Gasteiger partial charge in [0.25, 0.3) is 0 Å². The first-order valence-corrected chi connectivity index (χ1v) is 7.68. The van der Waals surface area contributed by atoms with Crippen molar-refractivity contribution in [3.8, 4) is 11.3 Å². The molecule has 2 heteroatoms. The number of nitrogens with zero attached hydrogens (tertiary/aromatic N) is 1. The van der Waals surface area contributed by atoms with Gasteiger partial charge in [-0.1, -0.05) is 41.5 Å². The zero-order valence-electron chi connectivity index (χ0n) is 13.1. The Labute approximate surface area is 134 Å². The number of benzene rings is 3. The molecule has 0 N–H and O–H groups in total. The number of fused-ring (bicyclic) bond motifs is 3. The maximum atomic E-state index is 14.4. The van der Waals surface area contributed by atoms with Crippen molar-refractivity contribution in [2.24, 2.45) is 0 Å². The lowest BCUT2D eigenvalue weighted by molar-refractivity contribution is 0.641. The second-order valence-corrected chi connectivity index (χ2v) is 6.04. The lowest BCUT2D eigenvalue weighted by Gasteiger charge is -2.11. The Bertz CT molecular complexity index is 1030. The van der Waals surface area contributed by atoms with Gasteiger partial charge in [0.05, 0.1) is 5.69 Å². The van der Waals surface area contributed by atoms with Gasteiger partial charge < -0.3 is 0 Å². The lowest BCUT2D eigenvalue weighted by Crippen LogP contribution is -1.91. The van der Waals surface area contributed by atoms with Crippen molar-refractivity contribution < 1.29 is 4.39 Å². The van der Waals surface area contributed by atoms with Gasteiger partial charge in [-0.05, 0) is 48.9 Å². The summed E-state index contributed by atoms with van der Waals surface area (Å²) in [6, 6.07) is 17.5. The predicted molar refractivity (Wildman–Crippen MR) is 94.1 cm³/mol. The number of hydrogen-bond acceptors (Lipinski definition) is 1. The van der Waals surface area contributed by atoms with Crippen LogP contribution in [-0.2, 0) is 0 Å². The Morgan fingerprint density at radius 1 is 0.826 bits per heavy atom. The van der Waals surface area contributed by atoms with Gasteiger partial charge in [0, 0.05) is 22.5 Å². The van der Waals surface area contributed by atoms with E-state index in [0.29, 0.717) is 5.39 Å². The molecule has 0 aliphatic carbocycles. The van der Waals surface area contributed by atoms with Crippen molar-refractivity contribution in [3.05, 3.63) is 77.7 Å². The summed E-state index contributed by atoms with van der Waals surface area (Å²) in [5, 5.41) is 3.43. The number of aryl methyl sites for hydroxylation is 2. The van der Waals surface area contributed by atoms with Gasteiger partial charge >= 0.3 is 0 Å². The minimum Gasteiger partial charge on any atom is -0.256 e. The molecule has 0 unspecified atom stereocenters. The molecular formula is C21H16FN. The molecule has 0 aliphatic heterocycles. The van der Waals surface area contributed by atoms with E-state index >= 15 is 0 Å². The fraction of sp³-hybridized carbons (Fsp3) is 0.0952. The number of halogens is 1. The number of aromatic nitrogens is 1. The zero-order chi connectivity index (χ0) is 16.0. The maximum absolute atomic E-state index is 14.4. The molecule has 4 rings (SSSR count). The van der Waals surface area contributed by atoms with Crippen LogP contribution in [0.4, 0.5) is 4.39 Å². The van der Waals surface area contributed by atoms with Crippen LogP contribution in [0.2, 0.25) is 0 Å². The van der Waals surface area contributed by atoms with Crippen LogP contribution >= 0.6 is 0 Å². The molecule has 4 aromatic rings. The van der Waals surface area contributed by atoms with Gasteiger partial charge in [-0.25, -0.2) is 4.39 Å². The van der Waals surface area contributed by atoms with Crippen LogP contribution in [-0.4, -0.2) is 4.98 Å². The minimum absolute atomic E-state index is 0.189. The molecule has 1 aromatic heterocycles. The van der Waals surface area contributed by atoms with Crippen LogP contribution in [0.25, 0.3) is 32.8 Å². The Hall–Kier alpha value is -2.74. The molecule has 0 fully saturated rings. The average Bonchev–Trinajstić information content (AvgIpc) is 2.53. The predicted octanol–water partition coefficient (Wildman–Crippen LogP) is 5.81. The second-order valence-electron chi connectivity index (χ2n) is 6.04. The van der Waals surface area contributed by atoms with Crippen molar-refractivity contribution in [2.75, 3.05) is 0 Å². The van der Waals surface area contributed by atoms with Crippen LogP contribution in [0.1, 0.15) is 11.1 Å². The molecule has 0 bridgehead atoms. The van der Waals surface area contributed by atoms with Crippen LogP contribution < -0.4 is 0 Å². The van der Waals surface area contributed by atoms with Crippen LogP contribution in [0.3, 0.4) is 0 Å². The average molecular weight is 301 g/mol. The highest BCUT2D eigenvalue weighted by Gasteiger charge is 2.12. The van der Waals surface area contributed by atoms with E-state index in [1.165, 1.54) is 11.1 Å². The molecule has 112 valence electrons. The van der Waals surface area contributed by atoms with Gasteiger partial charge in [-0.3, -0.25) is 4.98 Å². The maximum Gasteiger partial charge on any atom is 0.131 e. The molecule has 1 nitrogen and oxygen atoms in total. The lowest BCUT2D eigenvalue weighted by atomic mass is 9.96. The highest BCUT2D eigenvalue weighted by Crippen LogP contribution is 2.34. The second kappa shape index (κ2) is 5.17. The summed E-state index contributed by atoms with van der Waals surface area (Å²) in [6.07, 6.45) is 1.75. The molecule has 0 radical (unpaired) electrons. The summed E-state index contributed by atoms with van der Waals surface area (Å²) < 4.78 is 14.4. The van der Waals surface area contributed by atoms with Gasteiger partial charge in [-0.15, -0.1) is 0 Å². The number of hydrogen-bond donors (Lipinski definition) is 0. The molecule has 0 saturated carbocycles. The van der Waals surface area contributed by atoms with Gasteiger partial charge in [0.1, 0.15) is 5.82 Å². The number of pyridine rings is 1. The third-order valence-corrected chi connectivity index (χ3v) is 4.21. The van der Waals surface area contributed by atoms with Crippen molar-refractivity contribution in [3.63, 3.8) is 0 Å². The summed E-state index contributed by atoms with van der Waals surface area (Å²) >= 11 is 0. The Morgan fingerprint density at radius 2 is 1.52 bits per heavy atom. The third kappa shape index (κ3) is 2.27. The normalized spacial score (nSPS) is 11.3. The van der Waals surface area contributed by atoms with E-state index in [2.05, 4.69) is 37.0 Å². The van der Waals surface area contributed by atoms with E-state index in [4.69, 9.17) is 0 Å². The van der Waals surface area contributed by atoms with E-state index in [-0.39, 0.29) is 5.82 Å². The molecular weight excluding hydrogens is 285 g/mol. The monoisotopic (exact) mass is 301 g/mol. The fourth-order valence-corrected chi connectivity index (χ4v) is 3.33. The van der Waals surface area contributed by atoms with Crippen LogP contribution in [0.15, 0.2) is 60.8 Å². The van der Waals surface area contributed by atoms with Gasteiger partial charge in [-0.2, -0.15) is 0 Å². The Kier molecular flexibility index (Phi) is 3.12. The van der Waals surface area contributed by atoms with E-state index in [1.54, 1.807) is 12.3 Å². The third-order valence-electron chi connectivity index (χ3n) is 4.21. The van der Waals surface area contributed by atoms with Crippen molar-refractivity contribution in [1.82, 2.24) is 4.98 Å². The first kappa shape index (κ1) is 13.9. The summed E-state index contributed by atoms with van der Waals surface area (Å²) in [4.78, 5) is 4.62. The van der Waals surface area contributed by atoms with E-state index in [9.17, 15) is 4.39 Å². The summed E-state index contributed by atoms with van der Waals surface area (Å²) in [6.45, 7) is 4.17. The largest absolute Gasteiger partial charge is 0.256 e.